The van der Waals surface area contributed by atoms with Crippen molar-refractivity contribution in [2.45, 2.75) is 19.5 Å². The van der Waals surface area contributed by atoms with Gasteiger partial charge in [-0.25, -0.2) is 9.78 Å². The molecule has 0 amide bonds. The molecule has 2 atom stereocenters. The second-order valence-corrected chi connectivity index (χ2v) is 6.01. The molecule has 0 aromatic carbocycles. The number of nitrogens with zero attached hydrogens (tertiary/aromatic N) is 3. The molecule has 1 N–H and O–H groups in total. The minimum Gasteiger partial charge on any atom is -0.476 e. The first-order chi connectivity index (χ1) is 8.47. The normalized spacial score (nSPS) is 24.9. The molecule has 1 aromatic rings. The number of hydrogen-bond acceptors (Lipinski definition) is 5. The minimum atomic E-state index is -0.938. The third-order valence-electron chi connectivity index (χ3n) is 3.43. The Kier molecular flexibility index (Phi) is 3.99. The Hall–Kier alpha value is -0.980. The van der Waals surface area contributed by atoms with Crippen LogP contribution in [0.4, 0.5) is 0 Å². The Morgan fingerprint density at radius 3 is 2.83 bits per heavy atom. The number of likely N-dealkylation sites (tertiary alicyclic amines) is 1. The molecule has 2 heterocycles. The van der Waals surface area contributed by atoms with E-state index in [2.05, 4.69) is 35.8 Å². The summed E-state index contributed by atoms with van der Waals surface area (Å²) in [6, 6.07) is 0.572. The number of likely N-dealkylation sites (N-methyl/N-ethyl adjacent to an activating group) is 1. The van der Waals surface area contributed by atoms with Crippen LogP contribution < -0.4 is 0 Å². The van der Waals surface area contributed by atoms with Crippen LogP contribution in [-0.4, -0.2) is 59.1 Å². The molecule has 1 aliphatic rings. The van der Waals surface area contributed by atoms with Crippen LogP contribution in [-0.2, 0) is 6.54 Å². The number of carboxylic acids is 1. The van der Waals surface area contributed by atoms with Crippen LogP contribution in [0.15, 0.2) is 5.38 Å². The van der Waals surface area contributed by atoms with Gasteiger partial charge in [0.25, 0.3) is 0 Å². The highest BCUT2D eigenvalue weighted by atomic mass is 32.1. The zero-order valence-corrected chi connectivity index (χ0v) is 11.8. The van der Waals surface area contributed by atoms with Gasteiger partial charge < -0.3 is 10.0 Å². The molecule has 0 bridgehead atoms. The van der Waals surface area contributed by atoms with Crippen molar-refractivity contribution in [2.24, 2.45) is 5.92 Å². The Balaban J connectivity index is 1.96. The lowest BCUT2D eigenvalue weighted by Crippen LogP contribution is -2.34. The maximum absolute atomic E-state index is 10.8. The summed E-state index contributed by atoms with van der Waals surface area (Å²) in [7, 11) is 4.21. The van der Waals surface area contributed by atoms with E-state index in [0.29, 0.717) is 12.0 Å². The summed E-state index contributed by atoms with van der Waals surface area (Å²) in [4.78, 5) is 19.5. The van der Waals surface area contributed by atoms with Gasteiger partial charge in [-0.2, -0.15) is 0 Å². The zero-order valence-electron chi connectivity index (χ0n) is 11.0. The molecule has 0 radical (unpaired) electrons. The molecule has 2 rings (SSSR count). The Bertz CT molecular complexity index is 433. The Morgan fingerprint density at radius 1 is 1.61 bits per heavy atom. The molecule has 100 valence electrons. The highest BCUT2D eigenvalue weighted by Gasteiger charge is 2.31. The molecule has 0 aliphatic carbocycles. The second-order valence-electron chi connectivity index (χ2n) is 5.15. The van der Waals surface area contributed by atoms with Gasteiger partial charge in [-0.1, -0.05) is 6.92 Å². The molecular weight excluding hydrogens is 250 g/mol. The number of thiazole rings is 1. The fourth-order valence-corrected chi connectivity index (χ4v) is 3.20. The van der Waals surface area contributed by atoms with E-state index in [-0.39, 0.29) is 5.01 Å². The minimum absolute atomic E-state index is 0.182. The van der Waals surface area contributed by atoms with Gasteiger partial charge in [0, 0.05) is 31.1 Å². The summed E-state index contributed by atoms with van der Waals surface area (Å²) in [5, 5.41) is 10.9. The number of aromatic carboxylic acids is 1. The van der Waals surface area contributed by atoms with Crippen molar-refractivity contribution >= 4 is 17.3 Å². The summed E-state index contributed by atoms with van der Waals surface area (Å²) in [5.74, 6) is -0.301. The molecule has 1 saturated heterocycles. The molecule has 1 aromatic heterocycles. The topological polar surface area (TPSA) is 56.7 Å². The molecule has 1 aliphatic heterocycles. The van der Waals surface area contributed by atoms with Gasteiger partial charge in [0.1, 0.15) is 0 Å². The van der Waals surface area contributed by atoms with Crippen molar-refractivity contribution in [3.63, 3.8) is 0 Å². The SMILES string of the molecule is CC1CN(Cc2csc(C(=O)O)n2)CC1N(C)C. The number of rotatable bonds is 4. The van der Waals surface area contributed by atoms with Crippen LogP contribution >= 0.6 is 11.3 Å². The molecule has 5 nitrogen and oxygen atoms in total. The fraction of sp³-hybridized carbons (Fsp3) is 0.667. The predicted octanol–water partition coefficient (Wildman–Crippen LogP) is 1.22. The molecular formula is C12H19N3O2S. The van der Waals surface area contributed by atoms with Crippen molar-refractivity contribution in [1.82, 2.24) is 14.8 Å². The van der Waals surface area contributed by atoms with Gasteiger partial charge in [0.15, 0.2) is 0 Å². The van der Waals surface area contributed by atoms with Gasteiger partial charge in [-0.05, 0) is 20.0 Å². The first-order valence-corrected chi connectivity index (χ1v) is 6.92. The second kappa shape index (κ2) is 5.34. The third-order valence-corrected chi connectivity index (χ3v) is 4.31. The quantitative estimate of drug-likeness (QED) is 0.891. The van der Waals surface area contributed by atoms with E-state index in [0.717, 1.165) is 25.3 Å². The number of carbonyl (C=O) groups is 1. The summed E-state index contributed by atoms with van der Waals surface area (Å²) in [6.07, 6.45) is 0. The van der Waals surface area contributed by atoms with Crippen molar-refractivity contribution in [3.8, 4) is 0 Å². The maximum Gasteiger partial charge on any atom is 0.365 e. The first kappa shape index (κ1) is 13.5. The third kappa shape index (κ3) is 2.88. The molecule has 0 saturated carbocycles. The highest BCUT2D eigenvalue weighted by Crippen LogP contribution is 2.22. The van der Waals surface area contributed by atoms with Crippen LogP contribution in [0.2, 0.25) is 0 Å². The first-order valence-electron chi connectivity index (χ1n) is 6.04. The van der Waals surface area contributed by atoms with E-state index in [1.165, 1.54) is 11.3 Å². The highest BCUT2D eigenvalue weighted by molar-refractivity contribution is 7.11. The van der Waals surface area contributed by atoms with Crippen molar-refractivity contribution in [1.29, 1.82) is 0 Å². The molecule has 18 heavy (non-hydrogen) atoms. The summed E-state index contributed by atoms with van der Waals surface area (Å²) in [6.45, 7) is 5.07. The summed E-state index contributed by atoms with van der Waals surface area (Å²) < 4.78 is 0. The van der Waals surface area contributed by atoms with E-state index in [1.807, 2.05) is 5.38 Å². The lowest BCUT2D eigenvalue weighted by molar-refractivity contribution is 0.0696. The monoisotopic (exact) mass is 269 g/mol. The average Bonchev–Trinajstić information content (AvgIpc) is 2.86. The van der Waals surface area contributed by atoms with Crippen molar-refractivity contribution < 1.29 is 9.90 Å². The van der Waals surface area contributed by atoms with Gasteiger partial charge in [-0.3, -0.25) is 4.90 Å². The van der Waals surface area contributed by atoms with Gasteiger partial charge in [0.2, 0.25) is 5.01 Å². The molecule has 0 spiro atoms. The summed E-state index contributed by atoms with van der Waals surface area (Å²) in [5.41, 5.74) is 0.865. The van der Waals surface area contributed by atoms with Crippen LogP contribution in [0.3, 0.4) is 0 Å². The van der Waals surface area contributed by atoms with E-state index in [9.17, 15) is 4.79 Å². The Labute approximate surface area is 111 Å². The standard InChI is InChI=1S/C12H19N3O2S/c1-8-4-15(6-10(8)14(2)3)5-9-7-18-11(13-9)12(16)17/h7-8,10H,4-6H2,1-3H3,(H,16,17). The average molecular weight is 269 g/mol. The van der Waals surface area contributed by atoms with Gasteiger partial charge in [0.05, 0.1) is 5.69 Å². The molecule has 2 unspecified atom stereocenters. The van der Waals surface area contributed by atoms with Crippen LogP contribution in [0.25, 0.3) is 0 Å². The van der Waals surface area contributed by atoms with E-state index >= 15 is 0 Å². The maximum atomic E-state index is 10.8. The van der Waals surface area contributed by atoms with Gasteiger partial charge in [-0.15, -0.1) is 11.3 Å². The number of carboxylic acid groups (broad SMARTS) is 1. The zero-order chi connectivity index (χ0) is 13.3. The molecule has 6 heteroatoms. The fourth-order valence-electron chi connectivity index (χ4n) is 2.56. The lowest BCUT2D eigenvalue weighted by atomic mass is 10.1. The van der Waals surface area contributed by atoms with Crippen molar-refractivity contribution in [3.05, 3.63) is 16.1 Å². The summed E-state index contributed by atoms with van der Waals surface area (Å²) >= 11 is 1.20. The van der Waals surface area contributed by atoms with E-state index in [4.69, 9.17) is 5.11 Å². The van der Waals surface area contributed by atoms with Crippen LogP contribution in [0.5, 0.6) is 0 Å². The largest absolute Gasteiger partial charge is 0.476 e. The van der Waals surface area contributed by atoms with Crippen molar-refractivity contribution in [2.75, 3.05) is 27.2 Å². The Morgan fingerprint density at radius 2 is 2.33 bits per heavy atom. The van der Waals surface area contributed by atoms with Crippen LogP contribution in [0, 0.1) is 5.92 Å². The van der Waals surface area contributed by atoms with Gasteiger partial charge >= 0.3 is 5.97 Å². The predicted molar refractivity (Wildman–Crippen MR) is 71.0 cm³/mol. The van der Waals surface area contributed by atoms with E-state index < -0.39 is 5.97 Å². The number of hydrogen-bond donors (Lipinski definition) is 1. The van der Waals surface area contributed by atoms with Crippen LogP contribution in [0.1, 0.15) is 22.4 Å². The molecule has 1 fully saturated rings. The smallest absolute Gasteiger partial charge is 0.365 e. The van der Waals surface area contributed by atoms with E-state index in [1.54, 1.807) is 0 Å². The lowest BCUT2D eigenvalue weighted by Gasteiger charge is -2.22. The number of aromatic nitrogens is 1.